The van der Waals surface area contributed by atoms with Gasteiger partial charge in [-0.05, 0) is 35.3 Å². The van der Waals surface area contributed by atoms with Gasteiger partial charge in [0.15, 0.2) is 0 Å². The van der Waals surface area contributed by atoms with Gasteiger partial charge in [0, 0.05) is 0 Å². The van der Waals surface area contributed by atoms with Crippen LogP contribution in [0.15, 0.2) is 36.4 Å². The van der Waals surface area contributed by atoms with Crippen molar-refractivity contribution in [3.8, 4) is 0 Å². The first-order valence-electron chi connectivity index (χ1n) is 5.84. The lowest BCUT2D eigenvalue weighted by atomic mass is 10.1. The van der Waals surface area contributed by atoms with E-state index in [1.54, 1.807) is 26.0 Å². The zero-order valence-corrected chi connectivity index (χ0v) is 12.3. The molecule has 2 atom stereocenters. The van der Waals surface area contributed by atoms with E-state index >= 15 is 0 Å². The Balaban J connectivity index is 2.73. The van der Waals surface area contributed by atoms with Crippen molar-refractivity contribution >= 4 is 28.0 Å². The summed E-state index contributed by atoms with van der Waals surface area (Å²) in [5, 5.41) is 9.71. The molecule has 0 aliphatic rings. The Morgan fingerprint density at radius 1 is 1.42 bits per heavy atom. The van der Waals surface area contributed by atoms with Crippen molar-refractivity contribution in [2.75, 3.05) is 0 Å². The first-order valence-corrected chi connectivity index (χ1v) is 6.63. The van der Waals surface area contributed by atoms with E-state index in [1.165, 1.54) is 12.2 Å². The molecular weight excluding hydrogens is 315 g/mol. The summed E-state index contributed by atoms with van der Waals surface area (Å²) in [6.45, 7) is 3.21. The Morgan fingerprint density at radius 2 is 2.00 bits per heavy atom. The minimum absolute atomic E-state index is 0.453. The number of halogens is 2. The zero-order chi connectivity index (χ0) is 14.5. The molecule has 0 bridgehead atoms. The van der Waals surface area contributed by atoms with Gasteiger partial charge < -0.3 is 9.84 Å². The molecule has 0 saturated carbocycles. The number of alkyl halides is 2. The predicted molar refractivity (Wildman–Crippen MR) is 75.5 cm³/mol. The highest BCUT2D eigenvalue weighted by Gasteiger charge is 2.44. The van der Waals surface area contributed by atoms with Crippen molar-refractivity contribution in [3.63, 3.8) is 0 Å². The highest BCUT2D eigenvalue weighted by molar-refractivity contribution is 9.10. The molecule has 0 aliphatic carbocycles. The second-order valence-corrected chi connectivity index (χ2v) is 5.45. The summed E-state index contributed by atoms with van der Waals surface area (Å²) in [5.41, 5.74) is 0.794. The van der Waals surface area contributed by atoms with Gasteiger partial charge in [-0.1, -0.05) is 42.5 Å². The molecule has 3 nitrogen and oxygen atoms in total. The van der Waals surface area contributed by atoms with Crippen LogP contribution in [-0.4, -0.2) is 27.9 Å². The number of hydrogen-bond acceptors (Lipinski definition) is 3. The fourth-order valence-corrected chi connectivity index (χ4v) is 1.55. The number of carbonyl (C=O) groups excluding carboxylic acids is 1. The molecule has 0 aliphatic heterocycles. The van der Waals surface area contributed by atoms with Crippen LogP contribution < -0.4 is 0 Å². The van der Waals surface area contributed by atoms with E-state index in [0.717, 1.165) is 5.56 Å². The van der Waals surface area contributed by atoms with Crippen LogP contribution in [0.1, 0.15) is 19.4 Å². The molecule has 0 heterocycles. The molecule has 1 rings (SSSR count). The number of esters is 1. The Morgan fingerprint density at radius 3 is 2.53 bits per heavy atom. The molecule has 19 heavy (non-hydrogen) atoms. The molecule has 1 aromatic rings. The molecule has 0 spiro atoms. The molecule has 0 fully saturated rings. The molecule has 2 unspecified atom stereocenters. The summed E-state index contributed by atoms with van der Waals surface area (Å²) in [4.78, 5) is 11.5. The Labute approximate surface area is 120 Å². The van der Waals surface area contributed by atoms with E-state index in [0.29, 0.717) is 0 Å². The topological polar surface area (TPSA) is 46.5 Å². The number of aliphatic hydroxyl groups is 1. The highest BCUT2D eigenvalue weighted by Crippen LogP contribution is 2.28. The number of aliphatic hydroxyl groups excluding tert-OH is 1. The van der Waals surface area contributed by atoms with E-state index in [1.807, 2.05) is 18.2 Å². The van der Waals surface area contributed by atoms with Crippen molar-refractivity contribution in [2.45, 2.75) is 30.6 Å². The van der Waals surface area contributed by atoms with Crippen LogP contribution in [0.2, 0.25) is 0 Å². The van der Waals surface area contributed by atoms with Gasteiger partial charge in [-0.2, -0.15) is 0 Å². The average molecular weight is 331 g/mol. The first-order chi connectivity index (χ1) is 8.84. The van der Waals surface area contributed by atoms with Gasteiger partial charge in [-0.3, -0.25) is 0 Å². The van der Waals surface area contributed by atoms with Gasteiger partial charge in [0.05, 0.1) is 6.10 Å². The SMILES string of the molecule is CC(C)OC(=O)C(F)(Br)C(O)/C=C/c1ccccc1. The van der Waals surface area contributed by atoms with Crippen molar-refractivity contribution < 1.29 is 19.0 Å². The zero-order valence-electron chi connectivity index (χ0n) is 10.7. The minimum Gasteiger partial charge on any atom is -0.460 e. The smallest absolute Gasteiger partial charge is 0.358 e. The summed E-state index contributed by atoms with van der Waals surface area (Å²) in [7, 11) is 0. The van der Waals surface area contributed by atoms with Gasteiger partial charge in [0.1, 0.15) is 6.10 Å². The second kappa shape index (κ2) is 6.82. The van der Waals surface area contributed by atoms with Crippen LogP contribution in [0.4, 0.5) is 4.39 Å². The van der Waals surface area contributed by atoms with E-state index in [9.17, 15) is 14.3 Å². The van der Waals surface area contributed by atoms with E-state index in [4.69, 9.17) is 4.74 Å². The molecule has 5 heteroatoms. The van der Waals surface area contributed by atoms with Crippen molar-refractivity contribution in [1.29, 1.82) is 0 Å². The number of carbonyl (C=O) groups is 1. The molecule has 1 N–H and O–H groups in total. The molecule has 0 radical (unpaired) electrons. The monoisotopic (exact) mass is 330 g/mol. The Kier molecular flexibility index (Phi) is 5.69. The summed E-state index contributed by atoms with van der Waals surface area (Å²) in [6, 6.07) is 9.07. The second-order valence-electron chi connectivity index (χ2n) is 4.29. The molecule has 0 saturated heterocycles. The van der Waals surface area contributed by atoms with Gasteiger partial charge in [-0.25, -0.2) is 9.18 Å². The lowest BCUT2D eigenvalue weighted by Crippen LogP contribution is -2.41. The van der Waals surface area contributed by atoms with E-state index in [-0.39, 0.29) is 0 Å². The Bertz CT molecular complexity index is 443. The van der Waals surface area contributed by atoms with Gasteiger partial charge in [-0.15, -0.1) is 0 Å². The lowest BCUT2D eigenvalue weighted by molar-refractivity contribution is -0.158. The first kappa shape index (κ1) is 15.9. The normalized spacial score (nSPS) is 16.3. The third kappa shape index (κ3) is 4.76. The predicted octanol–water partition coefficient (Wildman–Crippen LogP) is 3.07. The largest absolute Gasteiger partial charge is 0.460 e. The third-order valence-corrected chi connectivity index (χ3v) is 3.05. The van der Waals surface area contributed by atoms with Crippen LogP contribution in [0.25, 0.3) is 6.08 Å². The summed E-state index contributed by atoms with van der Waals surface area (Å²) in [5.74, 6) is -1.15. The maximum absolute atomic E-state index is 14.1. The van der Waals surface area contributed by atoms with Crippen molar-refractivity contribution in [2.24, 2.45) is 0 Å². The number of hydrogen-bond donors (Lipinski definition) is 1. The standard InChI is InChI=1S/C14H16BrFO3/c1-10(2)19-13(18)14(15,16)12(17)9-8-11-6-4-3-5-7-11/h3-10,12,17H,1-2H3/b9-8+. The number of ether oxygens (including phenoxy) is 1. The average Bonchev–Trinajstić information content (AvgIpc) is 2.36. The van der Waals surface area contributed by atoms with Crippen LogP contribution in [0, 0.1) is 0 Å². The molecule has 0 amide bonds. The fraction of sp³-hybridized carbons (Fsp3) is 0.357. The van der Waals surface area contributed by atoms with E-state index < -0.39 is 22.8 Å². The van der Waals surface area contributed by atoms with Gasteiger partial charge in [0.2, 0.25) is 0 Å². The lowest BCUT2D eigenvalue weighted by Gasteiger charge is -2.21. The fourth-order valence-electron chi connectivity index (χ4n) is 1.30. The van der Waals surface area contributed by atoms with Crippen LogP contribution in [0.3, 0.4) is 0 Å². The molecule has 1 aromatic carbocycles. The molecule has 0 aromatic heterocycles. The van der Waals surface area contributed by atoms with Crippen LogP contribution in [-0.2, 0) is 9.53 Å². The van der Waals surface area contributed by atoms with Gasteiger partial charge >= 0.3 is 5.97 Å². The molecule has 104 valence electrons. The number of benzene rings is 1. The molecular formula is C14H16BrFO3. The van der Waals surface area contributed by atoms with Crippen LogP contribution in [0.5, 0.6) is 0 Å². The van der Waals surface area contributed by atoms with Crippen LogP contribution >= 0.6 is 15.9 Å². The maximum Gasteiger partial charge on any atom is 0.358 e. The summed E-state index contributed by atoms with van der Waals surface area (Å²) < 4.78 is 16.2. The summed E-state index contributed by atoms with van der Waals surface area (Å²) in [6.07, 6.45) is 0.638. The third-order valence-electron chi connectivity index (χ3n) is 2.26. The highest BCUT2D eigenvalue weighted by atomic mass is 79.9. The maximum atomic E-state index is 14.1. The minimum atomic E-state index is -2.65. The van der Waals surface area contributed by atoms with E-state index in [2.05, 4.69) is 15.9 Å². The van der Waals surface area contributed by atoms with Crippen molar-refractivity contribution in [1.82, 2.24) is 0 Å². The quantitative estimate of drug-likeness (QED) is 0.666. The summed E-state index contributed by atoms with van der Waals surface area (Å²) >= 11 is 2.57. The van der Waals surface area contributed by atoms with Gasteiger partial charge in [0.25, 0.3) is 4.58 Å². The van der Waals surface area contributed by atoms with Crippen molar-refractivity contribution in [3.05, 3.63) is 42.0 Å². The number of rotatable bonds is 5. The Hall–Kier alpha value is -1.20.